The Labute approximate surface area is 137 Å². The Morgan fingerprint density at radius 1 is 1.21 bits per heavy atom. The lowest BCUT2D eigenvalue weighted by Crippen LogP contribution is -2.11. The number of nitro benzene ring substituents is 1. The highest BCUT2D eigenvalue weighted by atomic mass is 16.6. The topological polar surface area (TPSA) is 111 Å². The first-order valence-corrected chi connectivity index (χ1v) is 6.93. The van der Waals surface area contributed by atoms with Crippen molar-refractivity contribution in [1.82, 2.24) is 0 Å². The smallest absolute Gasteiger partial charge is 0.411 e. The number of hydrogen-bond acceptors (Lipinski definition) is 6. The van der Waals surface area contributed by atoms with Gasteiger partial charge in [-0.2, -0.15) is 0 Å². The van der Waals surface area contributed by atoms with Crippen molar-refractivity contribution in [2.75, 3.05) is 12.4 Å². The molecule has 0 unspecified atom stereocenters. The van der Waals surface area contributed by atoms with E-state index in [0.29, 0.717) is 22.6 Å². The summed E-state index contributed by atoms with van der Waals surface area (Å²) in [4.78, 5) is 21.7. The summed E-state index contributed by atoms with van der Waals surface area (Å²) < 4.78 is 10.2. The number of nitrogens with one attached hydrogen (secondary N) is 1. The minimum atomic E-state index is -0.731. The molecule has 8 heteroatoms. The Morgan fingerprint density at radius 3 is 2.38 bits per heavy atom. The number of ether oxygens (including phenoxy) is 2. The normalized spacial score (nSPS) is 10.1. The van der Waals surface area contributed by atoms with E-state index in [0.717, 1.165) is 0 Å². The van der Waals surface area contributed by atoms with E-state index in [2.05, 4.69) is 10.1 Å². The molecular weight excluding hydrogens is 316 g/mol. The van der Waals surface area contributed by atoms with Crippen LogP contribution in [0.25, 0.3) is 0 Å². The highest BCUT2D eigenvalue weighted by Gasteiger charge is 2.15. The molecule has 2 aromatic carbocycles. The number of phenols is 1. The summed E-state index contributed by atoms with van der Waals surface area (Å²) in [5, 5.41) is 23.0. The van der Waals surface area contributed by atoms with Gasteiger partial charge in [0.1, 0.15) is 17.2 Å². The second-order valence-electron chi connectivity index (χ2n) is 5.06. The van der Waals surface area contributed by atoms with Gasteiger partial charge in [-0.3, -0.25) is 15.4 Å². The van der Waals surface area contributed by atoms with Crippen molar-refractivity contribution in [3.8, 4) is 17.2 Å². The molecule has 0 fully saturated rings. The van der Waals surface area contributed by atoms with Gasteiger partial charge < -0.3 is 14.6 Å². The van der Waals surface area contributed by atoms with E-state index >= 15 is 0 Å². The predicted molar refractivity (Wildman–Crippen MR) is 86.8 cm³/mol. The number of anilines is 1. The summed E-state index contributed by atoms with van der Waals surface area (Å²) in [6, 6.07) is 7.12. The number of hydrogen-bond donors (Lipinski definition) is 2. The van der Waals surface area contributed by atoms with Gasteiger partial charge in [0.25, 0.3) is 5.69 Å². The average Bonchev–Trinajstić information content (AvgIpc) is 2.53. The van der Waals surface area contributed by atoms with Crippen molar-refractivity contribution in [3.05, 3.63) is 51.6 Å². The molecule has 0 aliphatic carbocycles. The second kappa shape index (κ2) is 6.86. The SMILES string of the molecule is COC(=O)Nc1cc(Oc2c(C)cc([N+](=O)[O-])cc2C)ccc1O. The number of carbonyl (C=O) groups is 1. The first-order chi connectivity index (χ1) is 11.3. The zero-order valence-corrected chi connectivity index (χ0v) is 13.3. The maximum atomic E-state index is 11.3. The van der Waals surface area contributed by atoms with E-state index < -0.39 is 11.0 Å². The first-order valence-electron chi connectivity index (χ1n) is 6.93. The molecule has 0 radical (unpaired) electrons. The zero-order chi connectivity index (χ0) is 17.9. The van der Waals surface area contributed by atoms with Gasteiger partial charge in [-0.05, 0) is 37.1 Å². The van der Waals surface area contributed by atoms with Crippen LogP contribution in [0, 0.1) is 24.0 Å². The summed E-state index contributed by atoms with van der Waals surface area (Å²) in [5.41, 5.74) is 1.29. The first kappa shape index (κ1) is 17.1. The molecule has 0 heterocycles. The number of carbonyl (C=O) groups excluding carboxylic acids is 1. The maximum absolute atomic E-state index is 11.3. The third-order valence-electron chi connectivity index (χ3n) is 3.27. The number of rotatable bonds is 4. The second-order valence-corrected chi connectivity index (χ2v) is 5.06. The fourth-order valence-electron chi connectivity index (χ4n) is 2.15. The molecular formula is C16H16N2O6. The van der Waals surface area contributed by atoms with Crippen molar-refractivity contribution in [3.63, 3.8) is 0 Å². The lowest BCUT2D eigenvalue weighted by Gasteiger charge is -2.13. The van der Waals surface area contributed by atoms with E-state index in [1.54, 1.807) is 13.8 Å². The van der Waals surface area contributed by atoms with Crippen LogP contribution in [0.4, 0.5) is 16.2 Å². The van der Waals surface area contributed by atoms with Crippen LogP contribution in [-0.4, -0.2) is 23.2 Å². The van der Waals surface area contributed by atoms with Crippen LogP contribution in [-0.2, 0) is 4.74 Å². The molecule has 24 heavy (non-hydrogen) atoms. The van der Waals surface area contributed by atoms with E-state index in [-0.39, 0.29) is 17.1 Å². The monoisotopic (exact) mass is 332 g/mol. The molecule has 126 valence electrons. The third-order valence-corrected chi connectivity index (χ3v) is 3.27. The van der Waals surface area contributed by atoms with Crippen molar-refractivity contribution >= 4 is 17.5 Å². The van der Waals surface area contributed by atoms with Crippen molar-refractivity contribution in [1.29, 1.82) is 0 Å². The fraction of sp³-hybridized carbons (Fsp3) is 0.188. The van der Waals surface area contributed by atoms with Crippen molar-refractivity contribution in [2.24, 2.45) is 0 Å². The Balaban J connectivity index is 2.33. The lowest BCUT2D eigenvalue weighted by atomic mass is 10.1. The minimum absolute atomic E-state index is 0.0175. The number of phenolic OH excluding ortho intramolecular Hbond substituents is 1. The number of benzene rings is 2. The summed E-state index contributed by atoms with van der Waals surface area (Å²) in [6.07, 6.45) is -0.731. The molecule has 0 spiro atoms. The molecule has 0 bridgehead atoms. The van der Waals surface area contributed by atoms with E-state index in [1.165, 1.54) is 37.4 Å². The standard InChI is InChI=1S/C16H16N2O6/c1-9-6-11(18(21)22)7-10(2)15(9)24-12-4-5-14(19)13(8-12)17-16(20)23-3/h4-8,19H,1-3H3,(H,17,20). The average molecular weight is 332 g/mol. The van der Waals surface area contributed by atoms with Gasteiger partial charge in [-0.1, -0.05) is 0 Å². The fourth-order valence-corrected chi connectivity index (χ4v) is 2.15. The van der Waals surface area contributed by atoms with Crippen molar-refractivity contribution in [2.45, 2.75) is 13.8 Å². The molecule has 1 amide bonds. The van der Waals surface area contributed by atoms with E-state index in [1.807, 2.05) is 0 Å². The van der Waals surface area contributed by atoms with Crippen LogP contribution in [0.15, 0.2) is 30.3 Å². The molecule has 0 atom stereocenters. The summed E-state index contributed by atoms with van der Waals surface area (Å²) >= 11 is 0. The molecule has 0 aromatic heterocycles. The quantitative estimate of drug-likeness (QED) is 0.499. The van der Waals surface area contributed by atoms with Gasteiger partial charge in [0.15, 0.2) is 0 Å². The third kappa shape index (κ3) is 3.72. The van der Waals surface area contributed by atoms with E-state index in [9.17, 15) is 20.0 Å². The van der Waals surface area contributed by atoms with Gasteiger partial charge in [-0.15, -0.1) is 0 Å². The van der Waals surface area contributed by atoms with Gasteiger partial charge in [-0.25, -0.2) is 4.79 Å². The maximum Gasteiger partial charge on any atom is 0.411 e. The van der Waals surface area contributed by atoms with Crippen molar-refractivity contribution < 1.29 is 24.3 Å². The van der Waals surface area contributed by atoms with Crippen LogP contribution in [0.5, 0.6) is 17.2 Å². The van der Waals surface area contributed by atoms with Crippen LogP contribution >= 0.6 is 0 Å². The highest BCUT2D eigenvalue weighted by molar-refractivity contribution is 5.86. The number of nitrogens with zero attached hydrogens (tertiary/aromatic N) is 1. The van der Waals surface area contributed by atoms with E-state index in [4.69, 9.17) is 4.74 Å². The zero-order valence-electron chi connectivity index (χ0n) is 13.3. The lowest BCUT2D eigenvalue weighted by molar-refractivity contribution is -0.385. The van der Waals surface area contributed by atoms with Gasteiger partial charge in [0, 0.05) is 18.2 Å². The molecule has 0 saturated carbocycles. The molecule has 0 aliphatic rings. The van der Waals surface area contributed by atoms with Crippen LogP contribution in [0.3, 0.4) is 0 Å². The molecule has 2 rings (SSSR count). The predicted octanol–water partition coefficient (Wildman–Crippen LogP) is 3.89. The van der Waals surface area contributed by atoms with Gasteiger partial charge >= 0.3 is 6.09 Å². The molecule has 2 aromatic rings. The number of methoxy groups -OCH3 is 1. The Bertz CT molecular complexity index is 780. The Morgan fingerprint density at radius 2 is 1.83 bits per heavy atom. The summed E-state index contributed by atoms with van der Waals surface area (Å²) in [5.74, 6) is 0.666. The van der Waals surface area contributed by atoms with Gasteiger partial charge in [0.05, 0.1) is 17.7 Å². The summed E-state index contributed by atoms with van der Waals surface area (Å²) in [6.45, 7) is 3.40. The molecule has 8 nitrogen and oxygen atoms in total. The number of non-ortho nitro benzene ring substituents is 1. The highest BCUT2D eigenvalue weighted by Crippen LogP contribution is 2.35. The number of nitro groups is 1. The number of aromatic hydroxyl groups is 1. The number of aryl methyl sites for hydroxylation is 2. The molecule has 2 N–H and O–H groups in total. The van der Waals surface area contributed by atoms with Crippen LogP contribution in [0.1, 0.15) is 11.1 Å². The Hall–Kier alpha value is -3.29. The minimum Gasteiger partial charge on any atom is -0.506 e. The Kier molecular flexibility index (Phi) is 4.88. The largest absolute Gasteiger partial charge is 0.506 e. The van der Waals surface area contributed by atoms with Gasteiger partial charge in [0.2, 0.25) is 0 Å². The van der Waals surface area contributed by atoms with Crippen LogP contribution < -0.4 is 10.1 Å². The molecule has 0 aliphatic heterocycles. The number of amides is 1. The van der Waals surface area contributed by atoms with Crippen LogP contribution in [0.2, 0.25) is 0 Å². The summed E-state index contributed by atoms with van der Waals surface area (Å²) in [7, 11) is 1.20. The molecule has 0 saturated heterocycles.